The summed E-state index contributed by atoms with van der Waals surface area (Å²) < 4.78 is 43.0. The van der Waals surface area contributed by atoms with E-state index in [4.69, 9.17) is 4.74 Å². The monoisotopic (exact) mass is 259 g/mol. The first kappa shape index (κ1) is 12.9. The first-order valence-corrected chi connectivity index (χ1v) is 5.52. The van der Waals surface area contributed by atoms with Gasteiger partial charge >= 0.3 is 6.18 Å². The van der Waals surface area contributed by atoms with Gasteiger partial charge in [-0.15, -0.1) is 0 Å². The van der Waals surface area contributed by atoms with E-state index in [0.29, 0.717) is 18.5 Å². The zero-order chi connectivity index (χ0) is 13.2. The van der Waals surface area contributed by atoms with Crippen LogP contribution in [0.15, 0.2) is 24.3 Å². The minimum Gasteiger partial charge on any atom is -0.364 e. The molecule has 1 aromatic carbocycles. The number of ether oxygens (including phenoxy) is 1. The van der Waals surface area contributed by atoms with Crippen LogP contribution in [0.3, 0.4) is 0 Å². The van der Waals surface area contributed by atoms with Crippen molar-refractivity contribution in [1.29, 1.82) is 0 Å². The molecular formula is C12H12F3NO2. The highest BCUT2D eigenvalue weighted by Crippen LogP contribution is 2.32. The molecule has 1 unspecified atom stereocenters. The molecule has 1 aliphatic rings. The lowest BCUT2D eigenvalue weighted by Crippen LogP contribution is -2.24. The molecule has 18 heavy (non-hydrogen) atoms. The Morgan fingerprint density at radius 1 is 1.33 bits per heavy atom. The molecule has 1 atom stereocenters. The van der Waals surface area contributed by atoms with E-state index in [2.05, 4.69) is 5.32 Å². The zero-order valence-corrected chi connectivity index (χ0v) is 9.46. The fraction of sp³-hybridized carbons (Fsp3) is 0.417. The number of nitrogens with one attached hydrogen (secondary N) is 1. The molecule has 1 aromatic rings. The molecule has 1 aliphatic heterocycles. The summed E-state index contributed by atoms with van der Waals surface area (Å²) in [5, 5.41) is 2.60. The van der Waals surface area contributed by atoms with Crippen LogP contribution < -0.4 is 5.32 Å². The van der Waals surface area contributed by atoms with Crippen molar-refractivity contribution in [3.8, 4) is 0 Å². The summed E-state index contributed by atoms with van der Waals surface area (Å²) in [7, 11) is 0. The molecule has 1 amide bonds. The lowest BCUT2D eigenvalue weighted by atomic mass is 10.0. The molecule has 1 saturated heterocycles. The normalized spacial score (nSPS) is 21.3. The molecule has 0 aromatic heterocycles. The lowest BCUT2D eigenvalue weighted by molar-refractivity contribution is -0.137. The molecular weight excluding hydrogens is 247 g/mol. The first-order chi connectivity index (χ1) is 8.47. The van der Waals surface area contributed by atoms with E-state index in [9.17, 15) is 18.0 Å². The number of benzene rings is 1. The maximum atomic E-state index is 12.6. The van der Waals surface area contributed by atoms with E-state index in [0.717, 1.165) is 12.1 Å². The number of hydrogen-bond donors (Lipinski definition) is 1. The van der Waals surface area contributed by atoms with Crippen LogP contribution in [0, 0.1) is 0 Å². The van der Waals surface area contributed by atoms with Crippen LogP contribution in [-0.4, -0.2) is 19.1 Å². The Kier molecular flexibility index (Phi) is 3.56. The Morgan fingerprint density at radius 3 is 2.83 bits per heavy atom. The molecule has 6 heteroatoms. The Balaban J connectivity index is 2.20. The van der Waals surface area contributed by atoms with Crippen molar-refractivity contribution in [3.63, 3.8) is 0 Å². The molecule has 0 radical (unpaired) electrons. The summed E-state index contributed by atoms with van der Waals surface area (Å²) in [4.78, 5) is 11.1. The summed E-state index contributed by atoms with van der Waals surface area (Å²) in [6.07, 6.45) is -4.38. The maximum Gasteiger partial charge on any atom is 0.416 e. The van der Waals surface area contributed by atoms with E-state index in [1.165, 1.54) is 6.07 Å². The summed E-state index contributed by atoms with van der Waals surface area (Å²) in [6, 6.07) is 5.02. The van der Waals surface area contributed by atoms with Gasteiger partial charge in [0.15, 0.2) is 0 Å². The topological polar surface area (TPSA) is 38.3 Å². The third-order valence-corrected chi connectivity index (χ3v) is 2.73. The van der Waals surface area contributed by atoms with E-state index in [-0.39, 0.29) is 12.5 Å². The van der Waals surface area contributed by atoms with Gasteiger partial charge in [0.1, 0.15) is 6.61 Å². The molecule has 1 fully saturated rings. The average Bonchev–Trinajstić information content (AvgIpc) is 2.53. The van der Waals surface area contributed by atoms with Crippen molar-refractivity contribution in [2.45, 2.75) is 18.7 Å². The predicted octanol–water partition coefficient (Wildman–Crippen LogP) is 2.28. The second-order valence-electron chi connectivity index (χ2n) is 4.06. The van der Waals surface area contributed by atoms with Crippen LogP contribution in [0.4, 0.5) is 13.2 Å². The van der Waals surface area contributed by atoms with Gasteiger partial charge in [-0.3, -0.25) is 4.79 Å². The molecule has 0 saturated carbocycles. The van der Waals surface area contributed by atoms with E-state index < -0.39 is 17.8 Å². The van der Waals surface area contributed by atoms with Gasteiger partial charge in [-0.05, 0) is 24.1 Å². The van der Waals surface area contributed by atoms with Crippen LogP contribution in [0.2, 0.25) is 0 Å². The van der Waals surface area contributed by atoms with E-state index >= 15 is 0 Å². The average molecular weight is 259 g/mol. The van der Waals surface area contributed by atoms with Gasteiger partial charge in [0.2, 0.25) is 5.91 Å². The Bertz CT molecular complexity index is 445. The Morgan fingerprint density at radius 2 is 2.11 bits per heavy atom. The maximum absolute atomic E-state index is 12.6. The van der Waals surface area contributed by atoms with Gasteiger partial charge in [0, 0.05) is 6.54 Å². The van der Waals surface area contributed by atoms with Crippen molar-refractivity contribution in [2.75, 3.05) is 13.2 Å². The molecule has 1 heterocycles. The predicted molar refractivity (Wildman–Crippen MR) is 57.8 cm³/mol. The van der Waals surface area contributed by atoms with Gasteiger partial charge in [0.05, 0.1) is 11.7 Å². The van der Waals surface area contributed by atoms with Crippen molar-refractivity contribution >= 4 is 5.91 Å². The van der Waals surface area contributed by atoms with Crippen molar-refractivity contribution in [3.05, 3.63) is 35.4 Å². The minimum absolute atomic E-state index is 0.124. The van der Waals surface area contributed by atoms with Crippen LogP contribution in [0.5, 0.6) is 0 Å². The van der Waals surface area contributed by atoms with Gasteiger partial charge < -0.3 is 10.1 Å². The van der Waals surface area contributed by atoms with Crippen LogP contribution >= 0.6 is 0 Å². The summed E-state index contributed by atoms with van der Waals surface area (Å²) in [6.45, 7) is 0.278. The lowest BCUT2D eigenvalue weighted by Gasteiger charge is -2.16. The second-order valence-corrected chi connectivity index (χ2v) is 4.06. The number of hydrogen-bond acceptors (Lipinski definition) is 2. The fourth-order valence-electron chi connectivity index (χ4n) is 1.83. The summed E-state index contributed by atoms with van der Waals surface area (Å²) in [5.74, 6) is -0.246. The van der Waals surface area contributed by atoms with E-state index in [1.54, 1.807) is 6.07 Å². The number of rotatable bonds is 1. The molecule has 0 aliphatic carbocycles. The van der Waals surface area contributed by atoms with Crippen molar-refractivity contribution < 1.29 is 22.7 Å². The molecule has 2 rings (SSSR count). The smallest absolute Gasteiger partial charge is 0.364 e. The molecule has 98 valence electrons. The van der Waals surface area contributed by atoms with Crippen LogP contribution in [-0.2, 0) is 15.7 Å². The SMILES string of the molecule is O=C1COC(c2cccc(C(F)(F)F)c2)CCN1. The highest BCUT2D eigenvalue weighted by molar-refractivity contribution is 5.77. The van der Waals surface area contributed by atoms with E-state index in [1.807, 2.05) is 0 Å². The third-order valence-electron chi connectivity index (χ3n) is 2.73. The zero-order valence-electron chi connectivity index (χ0n) is 9.46. The molecule has 0 spiro atoms. The number of amides is 1. The van der Waals surface area contributed by atoms with Gasteiger partial charge in [0.25, 0.3) is 0 Å². The molecule has 3 nitrogen and oxygen atoms in total. The minimum atomic E-state index is -4.37. The largest absolute Gasteiger partial charge is 0.416 e. The summed E-state index contributed by atoms with van der Waals surface area (Å²) in [5.41, 5.74) is -0.256. The number of halogens is 3. The summed E-state index contributed by atoms with van der Waals surface area (Å²) >= 11 is 0. The standard InChI is InChI=1S/C12H12F3NO2/c13-12(14,15)9-3-1-2-8(6-9)10-4-5-16-11(17)7-18-10/h1-3,6,10H,4-5,7H2,(H,16,17). The van der Waals surface area contributed by atoms with Crippen molar-refractivity contribution in [1.82, 2.24) is 5.32 Å². The third kappa shape index (κ3) is 3.01. The number of carbonyl (C=O) groups excluding carboxylic acids is 1. The fourth-order valence-corrected chi connectivity index (χ4v) is 1.83. The van der Waals surface area contributed by atoms with Crippen LogP contribution in [0.25, 0.3) is 0 Å². The van der Waals surface area contributed by atoms with Gasteiger partial charge in [-0.25, -0.2) is 0 Å². The molecule has 1 N–H and O–H groups in total. The Hall–Kier alpha value is -1.56. The number of alkyl halides is 3. The Labute approximate surface area is 102 Å². The van der Waals surface area contributed by atoms with Gasteiger partial charge in [-0.1, -0.05) is 12.1 Å². The highest BCUT2D eigenvalue weighted by Gasteiger charge is 2.31. The second kappa shape index (κ2) is 4.97. The number of carbonyl (C=O) groups is 1. The van der Waals surface area contributed by atoms with Crippen LogP contribution in [0.1, 0.15) is 23.7 Å². The first-order valence-electron chi connectivity index (χ1n) is 5.52. The molecule has 0 bridgehead atoms. The van der Waals surface area contributed by atoms with Crippen molar-refractivity contribution in [2.24, 2.45) is 0 Å². The quantitative estimate of drug-likeness (QED) is 0.840. The van der Waals surface area contributed by atoms with Gasteiger partial charge in [-0.2, -0.15) is 13.2 Å². The highest BCUT2D eigenvalue weighted by atomic mass is 19.4.